The largest absolute Gasteiger partial charge is 0.487 e. The van der Waals surface area contributed by atoms with E-state index in [9.17, 15) is 4.79 Å². The maximum absolute atomic E-state index is 12.5. The molecule has 0 aliphatic carbocycles. The first-order valence-electron chi connectivity index (χ1n) is 9.00. The number of pyridine rings is 1. The second-order valence-electron chi connectivity index (χ2n) is 7.59. The molecule has 0 saturated carbocycles. The van der Waals surface area contributed by atoms with E-state index in [0.29, 0.717) is 13.1 Å². The summed E-state index contributed by atoms with van der Waals surface area (Å²) in [4.78, 5) is 18.4. The average Bonchev–Trinajstić information content (AvgIpc) is 3.08. The molecule has 26 heavy (non-hydrogen) atoms. The van der Waals surface area contributed by atoms with Crippen LogP contribution in [0.15, 0.2) is 48.8 Å². The van der Waals surface area contributed by atoms with Crippen molar-refractivity contribution >= 4 is 5.91 Å². The summed E-state index contributed by atoms with van der Waals surface area (Å²) in [5.74, 6) is 1.50. The third-order valence-corrected chi connectivity index (χ3v) is 4.48. The summed E-state index contributed by atoms with van der Waals surface area (Å²) in [6.07, 6.45) is 4.23. The lowest BCUT2D eigenvalue weighted by Gasteiger charge is -2.23. The number of para-hydroxylation sites is 1. The molecule has 1 aromatic heterocycles. The summed E-state index contributed by atoms with van der Waals surface area (Å²) in [5, 5.41) is 0. The fraction of sp³-hybridized carbons (Fsp3) is 0.429. The van der Waals surface area contributed by atoms with Gasteiger partial charge in [0.2, 0.25) is 0 Å². The van der Waals surface area contributed by atoms with Gasteiger partial charge < -0.3 is 14.4 Å². The SMILES string of the molecule is CC(C)(C)c1ccccc1OCC(=O)N1CC[C@H](Oc2cccnc2)C1. The first-order valence-corrected chi connectivity index (χ1v) is 9.00. The molecule has 5 heteroatoms. The van der Waals surface area contributed by atoms with Gasteiger partial charge in [0.25, 0.3) is 5.91 Å². The Labute approximate surface area is 155 Å². The Morgan fingerprint density at radius 3 is 2.77 bits per heavy atom. The van der Waals surface area contributed by atoms with Crippen LogP contribution >= 0.6 is 0 Å². The van der Waals surface area contributed by atoms with E-state index < -0.39 is 0 Å². The van der Waals surface area contributed by atoms with Gasteiger partial charge in [-0.25, -0.2) is 0 Å². The molecule has 1 atom stereocenters. The van der Waals surface area contributed by atoms with E-state index in [0.717, 1.165) is 23.5 Å². The molecule has 3 rings (SSSR count). The summed E-state index contributed by atoms with van der Waals surface area (Å²) in [5.41, 5.74) is 1.07. The van der Waals surface area contributed by atoms with Gasteiger partial charge in [0.1, 0.15) is 17.6 Å². The van der Waals surface area contributed by atoms with E-state index in [1.807, 2.05) is 36.4 Å². The standard InChI is InChI=1S/C21H26N2O3/c1-21(2,3)18-8-4-5-9-19(18)25-15-20(24)23-12-10-17(14-23)26-16-7-6-11-22-13-16/h4-9,11,13,17H,10,12,14-15H2,1-3H3/t17-/m0/s1. The molecule has 1 aliphatic rings. The quantitative estimate of drug-likeness (QED) is 0.825. The van der Waals surface area contributed by atoms with E-state index in [4.69, 9.17) is 9.47 Å². The molecule has 1 aromatic carbocycles. The van der Waals surface area contributed by atoms with Crippen molar-refractivity contribution in [3.63, 3.8) is 0 Å². The van der Waals surface area contributed by atoms with Crippen molar-refractivity contribution in [1.29, 1.82) is 0 Å². The monoisotopic (exact) mass is 354 g/mol. The second kappa shape index (κ2) is 7.77. The molecule has 5 nitrogen and oxygen atoms in total. The molecule has 0 bridgehead atoms. The summed E-state index contributed by atoms with van der Waals surface area (Å²) in [6.45, 7) is 7.73. The van der Waals surface area contributed by atoms with Crippen LogP contribution in [0.2, 0.25) is 0 Å². The third kappa shape index (κ3) is 4.54. The number of carbonyl (C=O) groups is 1. The van der Waals surface area contributed by atoms with Crippen molar-refractivity contribution in [2.24, 2.45) is 0 Å². The highest BCUT2D eigenvalue weighted by Crippen LogP contribution is 2.31. The zero-order valence-electron chi connectivity index (χ0n) is 15.6. The third-order valence-electron chi connectivity index (χ3n) is 4.48. The van der Waals surface area contributed by atoms with Crippen LogP contribution in [0, 0.1) is 0 Å². The van der Waals surface area contributed by atoms with Crippen molar-refractivity contribution < 1.29 is 14.3 Å². The van der Waals surface area contributed by atoms with Crippen LogP contribution in [0.4, 0.5) is 0 Å². The molecule has 138 valence electrons. The van der Waals surface area contributed by atoms with Gasteiger partial charge in [-0.1, -0.05) is 39.0 Å². The van der Waals surface area contributed by atoms with Gasteiger partial charge in [-0.3, -0.25) is 9.78 Å². The normalized spacial score (nSPS) is 17.2. The fourth-order valence-corrected chi connectivity index (χ4v) is 3.10. The molecule has 0 unspecified atom stereocenters. The van der Waals surface area contributed by atoms with Gasteiger partial charge in [-0.2, -0.15) is 0 Å². The zero-order chi connectivity index (χ0) is 18.6. The minimum atomic E-state index is -0.0318. The molecule has 1 saturated heterocycles. The average molecular weight is 354 g/mol. The number of aromatic nitrogens is 1. The van der Waals surface area contributed by atoms with Crippen LogP contribution in [0.3, 0.4) is 0 Å². The molecular weight excluding hydrogens is 328 g/mol. The number of benzene rings is 1. The van der Waals surface area contributed by atoms with E-state index in [2.05, 4.69) is 25.8 Å². The maximum atomic E-state index is 12.5. The smallest absolute Gasteiger partial charge is 0.260 e. The van der Waals surface area contributed by atoms with Crippen molar-refractivity contribution in [3.8, 4) is 11.5 Å². The number of amides is 1. The lowest BCUT2D eigenvalue weighted by Crippen LogP contribution is -2.34. The number of rotatable bonds is 5. The first kappa shape index (κ1) is 18.2. The summed E-state index contributed by atoms with van der Waals surface area (Å²) >= 11 is 0. The second-order valence-corrected chi connectivity index (χ2v) is 7.59. The van der Waals surface area contributed by atoms with Gasteiger partial charge in [-0.05, 0) is 29.2 Å². The molecule has 1 fully saturated rings. The van der Waals surface area contributed by atoms with E-state index in [1.165, 1.54) is 0 Å². The van der Waals surface area contributed by atoms with Crippen LogP contribution < -0.4 is 9.47 Å². The Bertz CT molecular complexity index is 740. The van der Waals surface area contributed by atoms with Crippen LogP contribution in [-0.4, -0.2) is 41.6 Å². The number of hydrogen-bond donors (Lipinski definition) is 0. The van der Waals surface area contributed by atoms with Crippen molar-refractivity contribution in [1.82, 2.24) is 9.88 Å². The molecule has 2 aromatic rings. The number of carbonyl (C=O) groups excluding carboxylic acids is 1. The topological polar surface area (TPSA) is 51.7 Å². The maximum Gasteiger partial charge on any atom is 0.260 e. The Balaban J connectivity index is 1.54. The van der Waals surface area contributed by atoms with Crippen molar-refractivity contribution in [2.45, 2.75) is 38.7 Å². The fourth-order valence-electron chi connectivity index (χ4n) is 3.10. The zero-order valence-corrected chi connectivity index (χ0v) is 15.6. The Kier molecular flexibility index (Phi) is 5.45. The van der Waals surface area contributed by atoms with Gasteiger partial charge in [-0.15, -0.1) is 0 Å². The summed E-state index contributed by atoms with van der Waals surface area (Å²) in [7, 11) is 0. The minimum Gasteiger partial charge on any atom is -0.487 e. The molecule has 1 aliphatic heterocycles. The highest BCUT2D eigenvalue weighted by molar-refractivity contribution is 5.78. The lowest BCUT2D eigenvalue weighted by atomic mass is 9.86. The minimum absolute atomic E-state index is 0.00464. The van der Waals surface area contributed by atoms with Gasteiger partial charge >= 0.3 is 0 Å². The summed E-state index contributed by atoms with van der Waals surface area (Å²) < 4.78 is 11.7. The van der Waals surface area contributed by atoms with E-state index in [1.54, 1.807) is 17.3 Å². The van der Waals surface area contributed by atoms with Crippen molar-refractivity contribution in [3.05, 3.63) is 54.4 Å². The summed E-state index contributed by atoms with van der Waals surface area (Å²) in [6, 6.07) is 11.6. The van der Waals surface area contributed by atoms with Gasteiger partial charge in [0, 0.05) is 19.2 Å². The van der Waals surface area contributed by atoms with Gasteiger partial charge in [0.05, 0.1) is 12.7 Å². The van der Waals surface area contributed by atoms with Crippen LogP contribution in [-0.2, 0) is 10.2 Å². The Hall–Kier alpha value is -2.56. The predicted octanol–water partition coefficient (Wildman–Crippen LogP) is 3.44. The van der Waals surface area contributed by atoms with E-state index in [-0.39, 0.29) is 24.0 Å². The van der Waals surface area contributed by atoms with E-state index >= 15 is 0 Å². The van der Waals surface area contributed by atoms with Crippen LogP contribution in [0.1, 0.15) is 32.8 Å². The first-order chi connectivity index (χ1) is 12.4. The molecule has 0 radical (unpaired) electrons. The number of hydrogen-bond acceptors (Lipinski definition) is 4. The molecule has 1 amide bonds. The molecule has 0 spiro atoms. The Morgan fingerprint density at radius 2 is 2.04 bits per heavy atom. The van der Waals surface area contributed by atoms with Crippen LogP contribution in [0.5, 0.6) is 11.5 Å². The number of ether oxygens (including phenoxy) is 2. The highest BCUT2D eigenvalue weighted by Gasteiger charge is 2.28. The van der Waals surface area contributed by atoms with Crippen LogP contribution in [0.25, 0.3) is 0 Å². The lowest BCUT2D eigenvalue weighted by molar-refractivity contribution is -0.132. The predicted molar refractivity (Wildman–Crippen MR) is 100 cm³/mol. The number of likely N-dealkylation sites (tertiary alicyclic amines) is 1. The van der Waals surface area contributed by atoms with Crippen molar-refractivity contribution in [2.75, 3.05) is 19.7 Å². The molecular formula is C21H26N2O3. The molecule has 2 heterocycles. The molecule has 0 N–H and O–H groups in total. The number of nitrogens with zero attached hydrogens (tertiary/aromatic N) is 2. The Morgan fingerprint density at radius 1 is 1.23 bits per heavy atom. The highest BCUT2D eigenvalue weighted by atomic mass is 16.5. The van der Waals surface area contributed by atoms with Gasteiger partial charge in [0.15, 0.2) is 6.61 Å².